The Morgan fingerprint density at radius 1 is 1.31 bits per heavy atom. The summed E-state index contributed by atoms with van der Waals surface area (Å²) >= 11 is 0. The van der Waals surface area contributed by atoms with Crippen LogP contribution in [-0.4, -0.2) is 36.6 Å². The quantitative estimate of drug-likeness (QED) is 0.673. The van der Waals surface area contributed by atoms with Crippen LogP contribution in [0, 0.1) is 0 Å². The maximum atomic E-state index is 11.6. The fourth-order valence-electron chi connectivity index (χ4n) is 1.09. The maximum absolute atomic E-state index is 11.6. The van der Waals surface area contributed by atoms with Crippen LogP contribution in [0.1, 0.15) is 13.3 Å². The highest BCUT2D eigenvalue weighted by atomic mass is 16.2. The lowest BCUT2D eigenvalue weighted by atomic mass is 10.4. The molecule has 0 rings (SSSR count). The Morgan fingerprint density at radius 2 is 2.00 bits per heavy atom. The average Bonchev–Trinajstić information content (AvgIpc) is 2.26. The van der Waals surface area contributed by atoms with Crippen LogP contribution in [0.5, 0.6) is 0 Å². The molecule has 0 aromatic rings. The average molecular weight is 225 g/mol. The molecule has 2 N–H and O–H groups in total. The molecular formula is C11H19N3O2. The largest absolute Gasteiger partial charge is 0.334 e. The SMILES string of the molecule is C=CCNC(=O)NC(=O)N(CC=C)CCC. The number of rotatable bonds is 6. The molecule has 0 saturated heterocycles. The normalized spacial score (nSPS) is 9.06. The van der Waals surface area contributed by atoms with E-state index in [0.717, 1.165) is 6.42 Å². The summed E-state index contributed by atoms with van der Waals surface area (Å²) in [5.74, 6) is 0. The van der Waals surface area contributed by atoms with Crippen LogP contribution in [-0.2, 0) is 0 Å². The summed E-state index contributed by atoms with van der Waals surface area (Å²) in [4.78, 5) is 24.3. The van der Waals surface area contributed by atoms with Gasteiger partial charge in [0.2, 0.25) is 0 Å². The molecule has 0 aliphatic heterocycles. The van der Waals surface area contributed by atoms with E-state index < -0.39 is 12.1 Å². The molecule has 0 aromatic heterocycles. The van der Waals surface area contributed by atoms with E-state index in [2.05, 4.69) is 23.8 Å². The number of imide groups is 1. The zero-order valence-corrected chi connectivity index (χ0v) is 9.66. The van der Waals surface area contributed by atoms with Crippen LogP contribution in [0.4, 0.5) is 9.59 Å². The van der Waals surface area contributed by atoms with E-state index in [9.17, 15) is 9.59 Å². The molecule has 0 aliphatic carbocycles. The molecular weight excluding hydrogens is 206 g/mol. The Balaban J connectivity index is 4.12. The van der Waals surface area contributed by atoms with Crippen molar-refractivity contribution in [2.75, 3.05) is 19.6 Å². The number of hydrogen-bond acceptors (Lipinski definition) is 2. The number of nitrogens with one attached hydrogen (secondary N) is 2. The van der Waals surface area contributed by atoms with E-state index >= 15 is 0 Å². The molecule has 0 fully saturated rings. The molecule has 0 radical (unpaired) electrons. The van der Waals surface area contributed by atoms with E-state index in [1.54, 1.807) is 6.08 Å². The summed E-state index contributed by atoms with van der Waals surface area (Å²) in [7, 11) is 0. The van der Waals surface area contributed by atoms with Crippen LogP contribution in [0.3, 0.4) is 0 Å². The molecule has 0 unspecified atom stereocenters. The van der Waals surface area contributed by atoms with Crippen molar-refractivity contribution >= 4 is 12.1 Å². The minimum Gasteiger partial charge on any atom is -0.334 e. The molecule has 0 spiro atoms. The van der Waals surface area contributed by atoms with Crippen molar-refractivity contribution in [2.45, 2.75) is 13.3 Å². The highest BCUT2D eigenvalue weighted by Gasteiger charge is 2.13. The third kappa shape index (κ3) is 5.85. The molecule has 0 aliphatic rings. The zero-order chi connectivity index (χ0) is 12.4. The Hall–Kier alpha value is -1.78. The van der Waals surface area contributed by atoms with Gasteiger partial charge in [0.05, 0.1) is 0 Å². The number of nitrogens with zero attached hydrogens (tertiary/aromatic N) is 1. The van der Waals surface area contributed by atoms with Gasteiger partial charge in [0, 0.05) is 19.6 Å². The van der Waals surface area contributed by atoms with Gasteiger partial charge in [0.25, 0.3) is 0 Å². The molecule has 0 saturated carbocycles. The second kappa shape index (κ2) is 8.52. The molecule has 16 heavy (non-hydrogen) atoms. The van der Waals surface area contributed by atoms with Crippen molar-refractivity contribution in [1.29, 1.82) is 0 Å². The van der Waals surface area contributed by atoms with Crippen molar-refractivity contribution in [3.63, 3.8) is 0 Å². The first-order valence-electron chi connectivity index (χ1n) is 5.21. The fraction of sp³-hybridized carbons (Fsp3) is 0.455. The van der Waals surface area contributed by atoms with Crippen molar-refractivity contribution in [3.05, 3.63) is 25.3 Å². The van der Waals surface area contributed by atoms with E-state index in [1.165, 1.54) is 11.0 Å². The number of carbonyl (C=O) groups is 2. The molecule has 90 valence electrons. The summed E-state index contributed by atoms with van der Waals surface area (Å²) < 4.78 is 0. The smallest absolute Gasteiger partial charge is 0.325 e. The molecule has 0 heterocycles. The predicted octanol–water partition coefficient (Wildman–Crippen LogP) is 1.49. The molecule has 0 atom stereocenters. The monoisotopic (exact) mass is 225 g/mol. The van der Waals surface area contributed by atoms with Gasteiger partial charge in [-0.2, -0.15) is 0 Å². The first-order valence-corrected chi connectivity index (χ1v) is 5.21. The van der Waals surface area contributed by atoms with Crippen molar-refractivity contribution in [3.8, 4) is 0 Å². The van der Waals surface area contributed by atoms with Crippen molar-refractivity contribution < 1.29 is 9.59 Å². The first kappa shape index (κ1) is 14.2. The highest BCUT2D eigenvalue weighted by Crippen LogP contribution is 1.92. The van der Waals surface area contributed by atoms with Crippen LogP contribution in [0.2, 0.25) is 0 Å². The van der Waals surface area contributed by atoms with Crippen LogP contribution >= 0.6 is 0 Å². The predicted molar refractivity (Wildman–Crippen MR) is 64.2 cm³/mol. The zero-order valence-electron chi connectivity index (χ0n) is 9.66. The Kier molecular flexibility index (Phi) is 7.57. The Labute approximate surface area is 96.2 Å². The van der Waals surface area contributed by atoms with Gasteiger partial charge >= 0.3 is 12.1 Å². The third-order valence-corrected chi connectivity index (χ3v) is 1.76. The van der Waals surface area contributed by atoms with Gasteiger partial charge in [-0.3, -0.25) is 5.32 Å². The van der Waals surface area contributed by atoms with Gasteiger partial charge in [-0.15, -0.1) is 13.2 Å². The fourth-order valence-corrected chi connectivity index (χ4v) is 1.09. The summed E-state index contributed by atoms with van der Waals surface area (Å²) in [5.41, 5.74) is 0. The minimum atomic E-state index is -0.518. The Morgan fingerprint density at radius 3 is 2.50 bits per heavy atom. The number of carbonyl (C=O) groups excluding carboxylic acids is 2. The summed E-state index contributed by atoms with van der Waals surface area (Å²) in [5, 5.41) is 4.69. The summed E-state index contributed by atoms with van der Waals surface area (Å²) in [6.45, 7) is 10.3. The van der Waals surface area contributed by atoms with Crippen LogP contribution in [0.25, 0.3) is 0 Å². The highest BCUT2D eigenvalue weighted by molar-refractivity contribution is 5.93. The van der Waals surface area contributed by atoms with Gasteiger partial charge in [-0.1, -0.05) is 19.1 Å². The summed E-state index contributed by atoms with van der Waals surface area (Å²) in [6.07, 6.45) is 3.99. The lowest BCUT2D eigenvalue weighted by Gasteiger charge is -2.20. The topological polar surface area (TPSA) is 61.4 Å². The lowest BCUT2D eigenvalue weighted by Crippen LogP contribution is -2.47. The van der Waals surface area contributed by atoms with Crippen LogP contribution in [0.15, 0.2) is 25.3 Å². The second-order valence-electron chi connectivity index (χ2n) is 3.16. The van der Waals surface area contributed by atoms with E-state index in [-0.39, 0.29) is 0 Å². The molecule has 0 aromatic carbocycles. The molecule has 5 heteroatoms. The van der Waals surface area contributed by atoms with E-state index in [1.807, 2.05) is 6.92 Å². The minimum absolute atomic E-state index is 0.328. The van der Waals surface area contributed by atoms with Crippen LogP contribution < -0.4 is 10.6 Å². The van der Waals surface area contributed by atoms with Gasteiger partial charge in [-0.05, 0) is 6.42 Å². The number of amides is 4. The third-order valence-electron chi connectivity index (χ3n) is 1.76. The van der Waals surface area contributed by atoms with Gasteiger partial charge in [0.15, 0.2) is 0 Å². The Bertz CT molecular complexity index is 264. The van der Waals surface area contributed by atoms with Crippen molar-refractivity contribution in [2.24, 2.45) is 0 Å². The van der Waals surface area contributed by atoms with Crippen molar-refractivity contribution in [1.82, 2.24) is 15.5 Å². The second-order valence-corrected chi connectivity index (χ2v) is 3.16. The lowest BCUT2D eigenvalue weighted by molar-refractivity contribution is 0.200. The molecule has 4 amide bonds. The van der Waals surface area contributed by atoms with E-state index in [4.69, 9.17) is 0 Å². The van der Waals surface area contributed by atoms with E-state index in [0.29, 0.717) is 19.6 Å². The van der Waals surface area contributed by atoms with Gasteiger partial charge in [-0.25, -0.2) is 9.59 Å². The maximum Gasteiger partial charge on any atom is 0.325 e. The number of urea groups is 2. The number of hydrogen-bond donors (Lipinski definition) is 2. The standard InChI is InChI=1S/C11H19N3O2/c1-4-7-12-10(15)13-11(16)14(8-5-2)9-6-3/h4-5H,1-2,6-9H2,3H3,(H2,12,13,15,16). The first-order chi connectivity index (χ1) is 7.65. The molecule has 5 nitrogen and oxygen atoms in total. The summed E-state index contributed by atoms with van der Waals surface area (Å²) in [6, 6.07) is -0.932. The van der Waals surface area contributed by atoms with Gasteiger partial charge in [0.1, 0.15) is 0 Å². The molecule has 0 bridgehead atoms. The van der Waals surface area contributed by atoms with Gasteiger partial charge < -0.3 is 10.2 Å².